The van der Waals surface area contributed by atoms with Crippen LogP contribution in [-0.4, -0.2) is 37.5 Å². The van der Waals surface area contributed by atoms with Crippen molar-refractivity contribution in [2.45, 2.75) is 38.5 Å². The maximum Gasteiger partial charge on any atom is 0.230 e. The summed E-state index contributed by atoms with van der Waals surface area (Å²) < 4.78 is 0. The van der Waals surface area contributed by atoms with Gasteiger partial charge in [0.2, 0.25) is 5.91 Å². The SMILES string of the molecule is CCCC(C(=O)N1CCCC(CNC)C1)c1ccccc1. The fourth-order valence-electron chi connectivity index (χ4n) is 3.35. The van der Waals surface area contributed by atoms with E-state index < -0.39 is 0 Å². The molecule has 0 bridgehead atoms. The van der Waals surface area contributed by atoms with Crippen LogP contribution >= 0.6 is 0 Å². The van der Waals surface area contributed by atoms with E-state index in [9.17, 15) is 4.79 Å². The van der Waals surface area contributed by atoms with Crippen molar-refractivity contribution in [1.82, 2.24) is 10.2 Å². The molecule has 21 heavy (non-hydrogen) atoms. The molecule has 0 radical (unpaired) electrons. The van der Waals surface area contributed by atoms with E-state index in [1.54, 1.807) is 0 Å². The van der Waals surface area contributed by atoms with E-state index >= 15 is 0 Å². The molecule has 1 saturated heterocycles. The summed E-state index contributed by atoms with van der Waals surface area (Å²) in [5, 5.41) is 3.24. The summed E-state index contributed by atoms with van der Waals surface area (Å²) in [5.41, 5.74) is 1.17. The van der Waals surface area contributed by atoms with Crippen LogP contribution in [0.5, 0.6) is 0 Å². The van der Waals surface area contributed by atoms with Crippen molar-refractivity contribution in [2.75, 3.05) is 26.7 Å². The summed E-state index contributed by atoms with van der Waals surface area (Å²) >= 11 is 0. The van der Waals surface area contributed by atoms with E-state index in [-0.39, 0.29) is 5.92 Å². The largest absolute Gasteiger partial charge is 0.342 e. The van der Waals surface area contributed by atoms with Gasteiger partial charge >= 0.3 is 0 Å². The van der Waals surface area contributed by atoms with Crippen LogP contribution in [0.2, 0.25) is 0 Å². The Balaban J connectivity index is 2.07. The van der Waals surface area contributed by atoms with Crippen LogP contribution in [0.4, 0.5) is 0 Å². The van der Waals surface area contributed by atoms with Crippen molar-refractivity contribution in [2.24, 2.45) is 5.92 Å². The number of benzene rings is 1. The Morgan fingerprint density at radius 2 is 2.14 bits per heavy atom. The highest BCUT2D eigenvalue weighted by Gasteiger charge is 2.29. The number of likely N-dealkylation sites (tertiary alicyclic amines) is 1. The second-order valence-corrected chi connectivity index (χ2v) is 6.10. The van der Waals surface area contributed by atoms with Crippen LogP contribution in [0, 0.1) is 5.92 Å². The molecule has 1 heterocycles. The maximum absolute atomic E-state index is 12.9. The Morgan fingerprint density at radius 3 is 2.81 bits per heavy atom. The number of piperidine rings is 1. The molecule has 1 amide bonds. The van der Waals surface area contributed by atoms with Crippen molar-refractivity contribution in [3.8, 4) is 0 Å². The second-order valence-electron chi connectivity index (χ2n) is 6.10. The van der Waals surface area contributed by atoms with Crippen LogP contribution in [-0.2, 0) is 4.79 Å². The number of carbonyl (C=O) groups excluding carboxylic acids is 1. The molecule has 2 rings (SSSR count). The van der Waals surface area contributed by atoms with Crippen molar-refractivity contribution >= 4 is 5.91 Å². The lowest BCUT2D eigenvalue weighted by Gasteiger charge is -2.35. The van der Waals surface area contributed by atoms with Crippen LogP contribution in [0.1, 0.15) is 44.1 Å². The number of hydrogen-bond donors (Lipinski definition) is 1. The van der Waals surface area contributed by atoms with E-state index in [0.29, 0.717) is 11.8 Å². The predicted molar refractivity (Wildman–Crippen MR) is 87.3 cm³/mol. The van der Waals surface area contributed by atoms with Gasteiger partial charge < -0.3 is 10.2 Å². The summed E-state index contributed by atoms with van der Waals surface area (Å²) in [6.45, 7) is 5.00. The zero-order valence-electron chi connectivity index (χ0n) is 13.3. The Hall–Kier alpha value is -1.35. The third-order valence-electron chi connectivity index (χ3n) is 4.40. The van der Waals surface area contributed by atoms with E-state index in [1.807, 2.05) is 25.2 Å². The van der Waals surface area contributed by atoms with Gasteiger partial charge in [-0.2, -0.15) is 0 Å². The Bertz CT molecular complexity index is 430. The van der Waals surface area contributed by atoms with E-state index in [0.717, 1.165) is 38.9 Å². The number of rotatable bonds is 6. The molecule has 1 aromatic rings. The first-order valence-corrected chi connectivity index (χ1v) is 8.24. The van der Waals surface area contributed by atoms with Gasteiger partial charge in [-0.15, -0.1) is 0 Å². The van der Waals surface area contributed by atoms with Crippen molar-refractivity contribution in [3.63, 3.8) is 0 Å². The molecule has 2 unspecified atom stereocenters. The van der Waals surface area contributed by atoms with Crippen LogP contribution in [0.3, 0.4) is 0 Å². The first kappa shape index (κ1) is 16.0. The minimum Gasteiger partial charge on any atom is -0.342 e. The average molecular weight is 288 g/mol. The van der Waals surface area contributed by atoms with Gasteiger partial charge in [-0.1, -0.05) is 43.7 Å². The number of carbonyl (C=O) groups is 1. The van der Waals surface area contributed by atoms with Gasteiger partial charge in [0.1, 0.15) is 0 Å². The molecule has 2 atom stereocenters. The third-order valence-corrected chi connectivity index (χ3v) is 4.40. The number of hydrogen-bond acceptors (Lipinski definition) is 2. The second kappa shape index (κ2) is 8.18. The van der Waals surface area contributed by atoms with Crippen molar-refractivity contribution in [1.29, 1.82) is 0 Å². The topological polar surface area (TPSA) is 32.3 Å². The number of nitrogens with one attached hydrogen (secondary N) is 1. The fraction of sp³-hybridized carbons (Fsp3) is 0.611. The minimum absolute atomic E-state index is 0.0320. The molecule has 1 aliphatic rings. The standard InChI is InChI=1S/C18H28N2O/c1-3-8-17(16-10-5-4-6-11-16)18(21)20-12-7-9-15(14-20)13-19-2/h4-6,10-11,15,17,19H,3,7-9,12-14H2,1-2H3. The van der Waals surface area contributed by atoms with Gasteiger partial charge in [0.05, 0.1) is 5.92 Å². The average Bonchev–Trinajstić information content (AvgIpc) is 2.53. The lowest BCUT2D eigenvalue weighted by Crippen LogP contribution is -2.44. The summed E-state index contributed by atoms with van der Waals surface area (Å²) in [5.74, 6) is 0.958. The molecule has 1 fully saturated rings. The highest BCUT2D eigenvalue weighted by Crippen LogP contribution is 2.26. The molecule has 0 aliphatic carbocycles. The van der Waals surface area contributed by atoms with Crippen molar-refractivity contribution in [3.05, 3.63) is 35.9 Å². The first-order chi connectivity index (χ1) is 10.3. The molecule has 1 N–H and O–H groups in total. The molecule has 116 valence electrons. The zero-order valence-corrected chi connectivity index (χ0v) is 13.3. The van der Waals surface area contributed by atoms with Gasteiger partial charge in [-0.05, 0) is 44.3 Å². The monoisotopic (exact) mass is 288 g/mol. The Kier molecular flexibility index (Phi) is 6.24. The maximum atomic E-state index is 12.9. The third kappa shape index (κ3) is 4.31. The molecule has 3 heteroatoms. The quantitative estimate of drug-likeness (QED) is 0.872. The van der Waals surface area contributed by atoms with E-state index in [1.165, 1.54) is 12.0 Å². The predicted octanol–water partition coefficient (Wildman–Crippen LogP) is 3.03. The summed E-state index contributed by atoms with van der Waals surface area (Å²) in [6.07, 6.45) is 4.34. The smallest absolute Gasteiger partial charge is 0.230 e. The van der Waals surface area contributed by atoms with Gasteiger partial charge in [0.15, 0.2) is 0 Å². The molecule has 1 aromatic carbocycles. The van der Waals surface area contributed by atoms with Crippen LogP contribution in [0.15, 0.2) is 30.3 Å². The molecule has 0 aromatic heterocycles. The summed E-state index contributed by atoms with van der Waals surface area (Å²) in [7, 11) is 1.99. The fourth-order valence-corrected chi connectivity index (χ4v) is 3.35. The summed E-state index contributed by atoms with van der Waals surface area (Å²) in [4.78, 5) is 15.0. The molecule has 1 aliphatic heterocycles. The number of nitrogens with zero attached hydrogens (tertiary/aromatic N) is 1. The van der Waals surface area contributed by atoms with Gasteiger partial charge in [0, 0.05) is 13.1 Å². The molecule has 0 saturated carbocycles. The Morgan fingerprint density at radius 1 is 1.38 bits per heavy atom. The van der Waals surface area contributed by atoms with Gasteiger partial charge in [-0.3, -0.25) is 4.79 Å². The van der Waals surface area contributed by atoms with Gasteiger partial charge in [-0.25, -0.2) is 0 Å². The van der Waals surface area contributed by atoms with Crippen LogP contribution < -0.4 is 5.32 Å². The minimum atomic E-state index is 0.0320. The van der Waals surface area contributed by atoms with E-state index in [2.05, 4.69) is 29.3 Å². The highest BCUT2D eigenvalue weighted by atomic mass is 16.2. The van der Waals surface area contributed by atoms with Crippen LogP contribution in [0.25, 0.3) is 0 Å². The molecule has 3 nitrogen and oxygen atoms in total. The number of amides is 1. The lowest BCUT2D eigenvalue weighted by molar-refractivity contribution is -0.134. The van der Waals surface area contributed by atoms with E-state index in [4.69, 9.17) is 0 Å². The van der Waals surface area contributed by atoms with Crippen molar-refractivity contribution < 1.29 is 4.79 Å². The first-order valence-electron chi connectivity index (χ1n) is 8.24. The summed E-state index contributed by atoms with van der Waals surface area (Å²) in [6, 6.07) is 10.3. The highest BCUT2D eigenvalue weighted by molar-refractivity contribution is 5.83. The zero-order chi connectivity index (χ0) is 15.1. The molecule has 0 spiro atoms. The normalized spacial score (nSPS) is 20.3. The Labute approximate surface area is 128 Å². The lowest BCUT2D eigenvalue weighted by atomic mass is 9.91. The molecular formula is C18H28N2O. The van der Waals surface area contributed by atoms with Gasteiger partial charge in [0.25, 0.3) is 0 Å². The molecular weight excluding hydrogens is 260 g/mol.